The second-order valence-electron chi connectivity index (χ2n) is 3.03. The molecule has 58 valence electrons. The summed E-state index contributed by atoms with van der Waals surface area (Å²) in [5.74, 6) is 0.884. The van der Waals surface area contributed by atoms with Gasteiger partial charge in [-0.15, -0.1) is 0 Å². The summed E-state index contributed by atoms with van der Waals surface area (Å²) in [7, 11) is 0.639. The summed E-state index contributed by atoms with van der Waals surface area (Å²) in [6.45, 7) is 6.64. The van der Waals surface area contributed by atoms with Crippen LogP contribution in [-0.2, 0) is 10.9 Å². The predicted molar refractivity (Wildman–Crippen MR) is 50.3 cm³/mol. The van der Waals surface area contributed by atoms with E-state index in [0.29, 0.717) is 10.9 Å². The van der Waals surface area contributed by atoms with Gasteiger partial charge in [0.15, 0.2) is 0 Å². The Kier molecular flexibility index (Phi) is 11.2. The van der Waals surface area contributed by atoms with Gasteiger partial charge in [-0.1, -0.05) is 27.2 Å². The maximum atomic E-state index is 2.22. The van der Waals surface area contributed by atoms with Crippen LogP contribution in [0.15, 0.2) is 0 Å². The van der Waals surface area contributed by atoms with E-state index in [2.05, 4.69) is 39.5 Å². The molecule has 0 N–H and O–H groups in total. The van der Waals surface area contributed by atoms with E-state index in [4.69, 9.17) is 0 Å². The molecule has 9 heavy (non-hydrogen) atoms. The van der Waals surface area contributed by atoms with E-state index < -0.39 is 0 Å². The van der Waals surface area contributed by atoms with E-state index in [9.17, 15) is 0 Å². The average Bonchev–Trinajstić information content (AvgIpc) is 1.65. The highest BCUT2D eigenvalue weighted by molar-refractivity contribution is 7.94. The Morgan fingerprint density at radius 3 is 1.22 bits per heavy atom. The van der Waals surface area contributed by atoms with Crippen LogP contribution in [0, 0.1) is 5.92 Å². The van der Waals surface area contributed by atoms with Crippen molar-refractivity contribution < 1.29 is 0 Å². The molecular formula is C8H21S+. The molecule has 0 saturated heterocycles. The van der Waals surface area contributed by atoms with Crippen LogP contribution in [-0.4, -0.2) is 18.8 Å². The monoisotopic (exact) mass is 149 g/mol. The molecule has 0 spiro atoms. The Hall–Kier alpha value is 0.350. The van der Waals surface area contributed by atoms with Crippen LogP contribution >= 0.6 is 0 Å². The van der Waals surface area contributed by atoms with E-state index in [1.165, 1.54) is 6.42 Å². The molecule has 0 amide bonds. The Balaban J connectivity index is 0. The first kappa shape index (κ1) is 12.1. The molecular weight excluding hydrogens is 128 g/mol. The molecule has 0 radical (unpaired) electrons. The molecule has 0 unspecified atom stereocenters. The summed E-state index contributed by atoms with van der Waals surface area (Å²) in [6, 6.07) is 0. The first-order valence-electron chi connectivity index (χ1n) is 3.49. The molecule has 0 nitrogen and oxygen atoms in total. The van der Waals surface area contributed by atoms with Gasteiger partial charge in [-0.25, -0.2) is 0 Å². The summed E-state index contributed by atoms with van der Waals surface area (Å²) in [5.41, 5.74) is 0. The third kappa shape index (κ3) is 61.0. The molecule has 0 aliphatic rings. The van der Waals surface area contributed by atoms with Crippen molar-refractivity contribution in [1.29, 1.82) is 0 Å². The maximum Gasteiger partial charge on any atom is 0.0969 e. The van der Waals surface area contributed by atoms with E-state index in [0.717, 1.165) is 5.92 Å². The van der Waals surface area contributed by atoms with Crippen LogP contribution < -0.4 is 0 Å². The maximum absolute atomic E-state index is 2.22. The fourth-order valence-electron chi connectivity index (χ4n) is 0. The van der Waals surface area contributed by atoms with Crippen molar-refractivity contribution in [2.75, 3.05) is 18.8 Å². The van der Waals surface area contributed by atoms with Crippen molar-refractivity contribution in [2.24, 2.45) is 5.92 Å². The topological polar surface area (TPSA) is 0 Å². The molecule has 0 aromatic rings. The summed E-state index contributed by atoms with van der Waals surface area (Å²) in [5, 5.41) is 0. The summed E-state index contributed by atoms with van der Waals surface area (Å²) in [4.78, 5) is 0. The van der Waals surface area contributed by atoms with Crippen LogP contribution in [0.2, 0.25) is 0 Å². The van der Waals surface area contributed by atoms with Crippen LogP contribution in [0.4, 0.5) is 0 Å². The molecule has 0 aliphatic carbocycles. The van der Waals surface area contributed by atoms with Gasteiger partial charge in [0.2, 0.25) is 0 Å². The summed E-state index contributed by atoms with van der Waals surface area (Å²) in [6.07, 6.45) is 7.89. The second-order valence-corrected chi connectivity index (χ2v) is 5.48. The zero-order valence-corrected chi connectivity index (χ0v) is 8.51. The van der Waals surface area contributed by atoms with Gasteiger partial charge < -0.3 is 0 Å². The highest BCUT2D eigenvalue weighted by Crippen LogP contribution is 1.93. The van der Waals surface area contributed by atoms with Gasteiger partial charge in [0, 0.05) is 0 Å². The van der Waals surface area contributed by atoms with Crippen LogP contribution in [0.5, 0.6) is 0 Å². The lowest BCUT2D eigenvalue weighted by Gasteiger charge is -1.90. The van der Waals surface area contributed by atoms with Gasteiger partial charge in [-0.05, 0) is 16.8 Å². The zero-order chi connectivity index (χ0) is 7.86. The van der Waals surface area contributed by atoms with Crippen LogP contribution in [0.3, 0.4) is 0 Å². The first-order chi connectivity index (χ1) is 4.00. The first-order valence-corrected chi connectivity index (χ1v) is 5.94. The average molecular weight is 149 g/mol. The third-order valence-electron chi connectivity index (χ3n) is 0.816. The highest BCUT2D eigenvalue weighted by atomic mass is 32.2. The smallest absolute Gasteiger partial charge is 0.0651 e. The summed E-state index contributed by atoms with van der Waals surface area (Å²) < 4.78 is 0. The molecule has 0 bridgehead atoms. The molecule has 0 aromatic carbocycles. The van der Waals surface area contributed by atoms with Gasteiger partial charge in [0.25, 0.3) is 0 Å². The van der Waals surface area contributed by atoms with E-state index in [-0.39, 0.29) is 0 Å². The molecule has 0 atom stereocenters. The SMILES string of the molecule is CCC(C)C.C[S+](C)C. The van der Waals surface area contributed by atoms with Gasteiger partial charge >= 0.3 is 0 Å². The fourth-order valence-corrected chi connectivity index (χ4v) is 0. The summed E-state index contributed by atoms with van der Waals surface area (Å²) >= 11 is 0. The lowest BCUT2D eigenvalue weighted by Crippen LogP contribution is -1.84. The van der Waals surface area contributed by atoms with Crippen molar-refractivity contribution >= 4 is 10.9 Å². The fraction of sp³-hybridized carbons (Fsp3) is 1.00. The Labute approximate surface area is 63.4 Å². The highest BCUT2D eigenvalue weighted by Gasteiger charge is 1.80. The van der Waals surface area contributed by atoms with Crippen LogP contribution in [0.1, 0.15) is 27.2 Å². The third-order valence-corrected chi connectivity index (χ3v) is 0.816. The molecule has 0 heterocycles. The minimum atomic E-state index is 0.639. The van der Waals surface area contributed by atoms with Gasteiger partial charge in [-0.3, -0.25) is 0 Å². The Morgan fingerprint density at radius 1 is 1.11 bits per heavy atom. The molecule has 0 saturated carbocycles. The van der Waals surface area contributed by atoms with Crippen molar-refractivity contribution in [3.8, 4) is 0 Å². The van der Waals surface area contributed by atoms with Gasteiger partial charge in [0.05, 0.1) is 18.8 Å². The predicted octanol–water partition coefficient (Wildman–Crippen LogP) is 2.55. The molecule has 0 rings (SSSR count). The quantitative estimate of drug-likeness (QED) is 0.503. The molecule has 0 fully saturated rings. The molecule has 0 aromatic heterocycles. The molecule has 0 aliphatic heterocycles. The Bertz CT molecular complexity index is 37.1. The zero-order valence-electron chi connectivity index (χ0n) is 7.69. The lowest BCUT2D eigenvalue weighted by atomic mass is 10.2. The van der Waals surface area contributed by atoms with Gasteiger partial charge in [0.1, 0.15) is 0 Å². The van der Waals surface area contributed by atoms with Crippen molar-refractivity contribution in [3.63, 3.8) is 0 Å². The standard InChI is InChI=1S/C5H12.C3H9S/c1-4-5(2)3;1-4(2)3/h5H,4H2,1-3H3;1-3H3/q;+1. The van der Waals surface area contributed by atoms with Crippen LogP contribution in [0.25, 0.3) is 0 Å². The molecule has 1 heteroatoms. The lowest BCUT2D eigenvalue weighted by molar-refractivity contribution is 0.626. The van der Waals surface area contributed by atoms with E-state index >= 15 is 0 Å². The number of hydrogen-bond donors (Lipinski definition) is 0. The Morgan fingerprint density at radius 2 is 1.22 bits per heavy atom. The minimum Gasteiger partial charge on any atom is -0.0651 e. The largest absolute Gasteiger partial charge is 0.0969 e. The van der Waals surface area contributed by atoms with Crippen molar-refractivity contribution in [3.05, 3.63) is 0 Å². The minimum absolute atomic E-state index is 0.639. The van der Waals surface area contributed by atoms with E-state index in [1.807, 2.05) is 0 Å². The second kappa shape index (κ2) is 8.35. The normalized spacial score (nSPS) is 9.33. The van der Waals surface area contributed by atoms with Crippen molar-refractivity contribution in [1.82, 2.24) is 0 Å². The van der Waals surface area contributed by atoms with Gasteiger partial charge in [-0.2, -0.15) is 0 Å². The van der Waals surface area contributed by atoms with E-state index in [1.54, 1.807) is 0 Å². The number of rotatable bonds is 1. The van der Waals surface area contributed by atoms with Crippen molar-refractivity contribution in [2.45, 2.75) is 27.2 Å². The number of hydrogen-bond acceptors (Lipinski definition) is 0.